The highest BCUT2D eigenvalue weighted by atomic mass is 79.9. The lowest BCUT2D eigenvalue weighted by atomic mass is 9.96. The van der Waals surface area contributed by atoms with Gasteiger partial charge in [-0.25, -0.2) is 9.67 Å². The normalized spacial score (nSPS) is 25.9. The predicted molar refractivity (Wildman–Crippen MR) is 94.4 cm³/mol. The summed E-state index contributed by atoms with van der Waals surface area (Å²) in [6.45, 7) is 0. The summed E-state index contributed by atoms with van der Waals surface area (Å²) in [6.07, 6.45) is 9.02. The number of nitrogens with zero attached hydrogens (tertiary/aromatic N) is 4. The molecule has 0 spiro atoms. The SMILES string of the molecule is O=C(CCc1ccccc1Br)N1C2CCC1CC(n1cncn1)C2. The molecule has 126 valence electrons. The van der Waals surface area contributed by atoms with E-state index in [0.717, 1.165) is 36.6 Å². The van der Waals surface area contributed by atoms with E-state index in [1.165, 1.54) is 5.56 Å². The number of aromatic nitrogens is 3. The van der Waals surface area contributed by atoms with Gasteiger partial charge in [-0.1, -0.05) is 34.1 Å². The molecule has 2 bridgehead atoms. The molecule has 1 aromatic heterocycles. The second kappa shape index (κ2) is 6.67. The Bertz CT molecular complexity index is 704. The first-order chi connectivity index (χ1) is 11.7. The van der Waals surface area contributed by atoms with Crippen LogP contribution in [-0.2, 0) is 11.2 Å². The van der Waals surface area contributed by atoms with Crippen LogP contribution in [0.3, 0.4) is 0 Å². The molecule has 0 aliphatic carbocycles. The van der Waals surface area contributed by atoms with Gasteiger partial charge >= 0.3 is 0 Å². The topological polar surface area (TPSA) is 51.0 Å². The molecule has 3 heterocycles. The molecule has 1 aromatic carbocycles. The third-order valence-corrected chi connectivity index (χ3v) is 6.15. The maximum atomic E-state index is 12.8. The molecule has 2 unspecified atom stereocenters. The van der Waals surface area contributed by atoms with Crippen LogP contribution in [0, 0.1) is 0 Å². The number of aryl methyl sites for hydroxylation is 1. The number of carbonyl (C=O) groups excluding carboxylic acids is 1. The van der Waals surface area contributed by atoms with E-state index in [0.29, 0.717) is 30.5 Å². The minimum absolute atomic E-state index is 0.301. The average Bonchev–Trinajstić information content (AvgIpc) is 3.21. The molecule has 0 saturated carbocycles. The summed E-state index contributed by atoms with van der Waals surface area (Å²) in [4.78, 5) is 19.0. The third-order valence-electron chi connectivity index (χ3n) is 5.37. The maximum Gasteiger partial charge on any atom is 0.223 e. The van der Waals surface area contributed by atoms with Crippen molar-refractivity contribution in [3.8, 4) is 0 Å². The number of hydrogen-bond donors (Lipinski definition) is 0. The number of halogens is 1. The largest absolute Gasteiger partial charge is 0.337 e. The molecular weight excluding hydrogens is 368 g/mol. The van der Waals surface area contributed by atoms with Crippen molar-refractivity contribution in [1.82, 2.24) is 19.7 Å². The van der Waals surface area contributed by atoms with Crippen molar-refractivity contribution in [2.24, 2.45) is 0 Å². The molecule has 2 aliphatic rings. The van der Waals surface area contributed by atoms with Crippen molar-refractivity contribution in [1.29, 1.82) is 0 Å². The highest BCUT2D eigenvalue weighted by Gasteiger charge is 2.43. The van der Waals surface area contributed by atoms with Crippen LogP contribution < -0.4 is 0 Å². The predicted octanol–water partition coefficient (Wildman–Crippen LogP) is 3.37. The fourth-order valence-electron chi connectivity index (χ4n) is 4.25. The number of amides is 1. The number of hydrogen-bond acceptors (Lipinski definition) is 3. The van der Waals surface area contributed by atoms with E-state index in [9.17, 15) is 4.79 Å². The molecule has 1 amide bonds. The summed E-state index contributed by atoms with van der Waals surface area (Å²) in [5.74, 6) is 0.301. The van der Waals surface area contributed by atoms with Gasteiger partial charge in [0.25, 0.3) is 0 Å². The highest BCUT2D eigenvalue weighted by Crippen LogP contribution is 2.40. The second-order valence-electron chi connectivity index (χ2n) is 6.78. The zero-order valence-electron chi connectivity index (χ0n) is 13.5. The van der Waals surface area contributed by atoms with E-state index in [-0.39, 0.29) is 0 Å². The molecule has 2 fully saturated rings. The van der Waals surface area contributed by atoms with E-state index in [1.807, 2.05) is 22.9 Å². The first-order valence-electron chi connectivity index (χ1n) is 8.61. The summed E-state index contributed by atoms with van der Waals surface area (Å²) < 4.78 is 3.06. The van der Waals surface area contributed by atoms with Crippen molar-refractivity contribution < 1.29 is 4.79 Å². The Balaban J connectivity index is 1.40. The second-order valence-corrected chi connectivity index (χ2v) is 7.63. The van der Waals surface area contributed by atoms with Gasteiger partial charge in [-0.05, 0) is 43.7 Å². The molecule has 0 radical (unpaired) electrons. The Hall–Kier alpha value is -1.69. The summed E-state index contributed by atoms with van der Waals surface area (Å²) >= 11 is 3.57. The van der Waals surface area contributed by atoms with Crippen LogP contribution in [0.25, 0.3) is 0 Å². The molecule has 2 aromatic rings. The van der Waals surface area contributed by atoms with Gasteiger partial charge in [-0.15, -0.1) is 0 Å². The van der Waals surface area contributed by atoms with E-state index in [2.05, 4.69) is 37.0 Å². The van der Waals surface area contributed by atoms with Crippen LogP contribution in [0.1, 0.15) is 43.7 Å². The lowest BCUT2D eigenvalue weighted by molar-refractivity contribution is -0.136. The van der Waals surface area contributed by atoms with Gasteiger partial charge in [0.05, 0.1) is 6.04 Å². The quantitative estimate of drug-likeness (QED) is 0.806. The molecule has 2 aliphatic heterocycles. The summed E-state index contributed by atoms with van der Waals surface area (Å²) in [5, 5.41) is 4.29. The maximum absolute atomic E-state index is 12.8. The molecule has 24 heavy (non-hydrogen) atoms. The first kappa shape index (κ1) is 15.8. The zero-order valence-corrected chi connectivity index (χ0v) is 15.1. The van der Waals surface area contributed by atoms with Crippen LogP contribution in [0.4, 0.5) is 0 Å². The summed E-state index contributed by atoms with van der Waals surface area (Å²) in [6, 6.07) is 9.27. The van der Waals surface area contributed by atoms with E-state index in [1.54, 1.807) is 12.7 Å². The van der Waals surface area contributed by atoms with Crippen LogP contribution in [0.5, 0.6) is 0 Å². The Morgan fingerprint density at radius 3 is 2.58 bits per heavy atom. The average molecular weight is 389 g/mol. The van der Waals surface area contributed by atoms with Gasteiger partial charge in [-0.3, -0.25) is 4.79 Å². The fourth-order valence-corrected chi connectivity index (χ4v) is 4.73. The smallest absolute Gasteiger partial charge is 0.223 e. The Morgan fingerprint density at radius 1 is 1.17 bits per heavy atom. The van der Waals surface area contributed by atoms with Crippen molar-refractivity contribution in [2.45, 2.75) is 56.7 Å². The van der Waals surface area contributed by atoms with Gasteiger partial charge in [0.2, 0.25) is 5.91 Å². The van der Waals surface area contributed by atoms with Crippen molar-refractivity contribution in [2.75, 3.05) is 0 Å². The summed E-state index contributed by atoms with van der Waals surface area (Å²) in [5.41, 5.74) is 1.20. The van der Waals surface area contributed by atoms with Crippen molar-refractivity contribution in [3.63, 3.8) is 0 Å². The zero-order chi connectivity index (χ0) is 16.5. The Labute approximate surface area is 150 Å². The minimum Gasteiger partial charge on any atom is -0.337 e. The lowest BCUT2D eigenvalue weighted by Crippen LogP contribution is -2.47. The van der Waals surface area contributed by atoms with E-state index >= 15 is 0 Å². The van der Waals surface area contributed by atoms with Crippen molar-refractivity contribution in [3.05, 3.63) is 47.0 Å². The van der Waals surface area contributed by atoms with Gasteiger partial charge in [-0.2, -0.15) is 5.10 Å². The van der Waals surface area contributed by atoms with Crippen molar-refractivity contribution >= 4 is 21.8 Å². The number of benzene rings is 1. The lowest BCUT2D eigenvalue weighted by Gasteiger charge is -2.39. The minimum atomic E-state index is 0.301. The molecule has 5 nitrogen and oxygen atoms in total. The Morgan fingerprint density at radius 2 is 1.92 bits per heavy atom. The fraction of sp³-hybridized carbons (Fsp3) is 0.500. The van der Waals surface area contributed by atoms with Gasteiger partial charge in [0, 0.05) is 23.0 Å². The van der Waals surface area contributed by atoms with Gasteiger partial charge in [0.1, 0.15) is 12.7 Å². The molecule has 2 atom stereocenters. The molecule has 0 N–H and O–H groups in total. The van der Waals surface area contributed by atoms with Gasteiger partial charge < -0.3 is 4.90 Å². The van der Waals surface area contributed by atoms with E-state index in [4.69, 9.17) is 0 Å². The van der Waals surface area contributed by atoms with Gasteiger partial charge in [0.15, 0.2) is 0 Å². The van der Waals surface area contributed by atoms with E-state index < -0.39 is 0 Å². The number of fused-ring (bicyclic) bond motifs is 2. The Kier molecular flexibility index (Phi) is 4.39. The molecular formula is C18H21BrN4O. The monoisotopic (exact) mass is 388 g/mol. The van der Waals surface area contributed by atoms with Crippen LogP contribution in [0.2, 0.25) is 0 Å². The molecule has 4 rings (SSSR count). The number of carbonyl (C=O) groups is 1. The third kappa shape index (κ3) is 2.99. The van der Waals surface area contributed by atoms with Crippen LogP contribution in [0.15, 0.2) is 41.4 Å². The number of rotatable bonds is 4. The molecule has 6 heteroatoms. The first-order valence-corrected chi connectivity index (χ1v) is 9.40. The van der Waals surface area contributed by atoms with Crippen LogP contribution >= 0.6 is 15.9 Å². The standard InChI is InChI=1S/C18H21BrN4O/c19-17-4-2-1-3-13(17)5-8-18(24)23-14-6-7-15(23)10-16(9-14)22-12-20-11-21-22/h1-4,11-12,14-16H,5-10H2. The highest BCUT2D eigenvalue weighted by molar-refractivity contribution is 9.10. The summed E-state index contributed by atoms with van der Waals surface area (Å²) in [7, 11) is 0. The number of piperidine rings is 1. The van der Waals surface area contributed by atoms with Crippen LogP contribution in [-0.4, -0.2) is 37.7 Å². The molecule has 2 saturated heterocycles.